The predicted molar refractivity (Wildman–Crippen MR) is 169 cm³/mol. The molecule has 1 spiro atoms. The number of carbonyl (C=O) groups excluding carboxylic acids is 2. The lowest BCUT2D eigenvalue weighted by atomic mass is 9.37. The molecule has 3 N–H and O–H groups in total. The number of benzene rings is 1. The smallest absolute Gasteiger partial charge is 0.366 e. The number of fused-ring (bicyclic) bond motifs is 11. The van der Waals surface area contributed by atoms with Crippen LogP contribution in [-0.4, -0.2) is 114 Å². The summed E-state index contributed by atoms with van der Waals surface area (Å²) in [6, 6.07) is 9.30. The van der Waals surface area contributed by atoms with Crippen LogP contribution in [0.25, 0.3) is 6.08 Å². The van der Waals surface area contributed by atoms with Gasteiger partial charge in [0.05, 0.1) is 51.0 Å². The van der Waals surface area contributed by atoms with Crippen LogP contribution in [-0.2, 0) is 47.5 Å². The van der Waals surface area contributed by atoms with Crippen molar-refractivity contribution in [2.75, 3.05) is 27.4 Å². The van der Waals surface area contributed by atoms with Crippen LogP contribution in [0.2, 0.25) is 0 Å². The Morgan fingerprint density at radius 2 is 1.80 bits per heavy atom. The van der Waals surface area contributed by atoms with Crippen LogP contribution in [0.4, 0.5) is 0 Å². The Bertz CT molecular complexity index is 1680. The van der Waals surface area contributed by atoms with Crippen LogP contribution >= 0.6 is 0 Å². The molecular weight excluding hydrogens is 652 g/mol. The number of hydrogen-bond acceptors (Lipinski definition) is 13. The topological polar surface area (TPSA) is 169 Å². The fourth-order valence-corrected chi connectivity index (χ4v) is 12.5. The van der Waals surface area contributed by atoms with Gasteiger partial charge in [-0.15, -0.1) is 0 Å². The molecule has 5 heterocycles. The first-order valence-corrected chi connectivity index (χ1v) is 17.3. The summed E-state index contributed by atoms with van der Waals surface area (Å²) in [6.07, 6.45) is 0.492. The molecule has 8 aliphatic rings. The predicted octanol–water partition coefficient (Wildman–Crippen LogP) is 1.47. The zero-order chi connectivity index (χ0) is 35.3. The van der Waals surface area contributed by atoms with Crippen molar-refractivity contribution < 1.29 is 62.8 Å². The van der Waals surface area contributed by atoms with Crippen molar-refractivity contribution in [2.24, 2.45) is 34.0 Å². The Morgan fingerprint density at radius 1 is 1.04 bits per heavy atom. The van der Waals surface area contributed by atoms with E-state index < -0.39 is 105 Å². The molecule has 0 unspecified atom stereocenters. The van der Waals surface area contributed by atoms with E-state index in [0.717, 1.165) is 5.56 Å². The first-order valence-electron chi connectivity index (χ1n) is 17.3. The molecule has 1 aromatic carbocycles. The maximum absolute atomic E-state index is 14.2. The van der Waals surface area contributed by atoms with Gasteiger partial charge in [-0.1, -0.05) is 44.2 Å². The van der Waals surface area contributed by atoms with Gasteiger partial charge in [0.15, 0.2) is 5.60 Å². The van der Waals surface area contributed by atoms with Crippen LogP contribution in [0, 0.1) is 34.0 Å². The van der Waals surface area contributed by atoms with Gasteiger partial charge in [-0.3, -0.25) is 0 Å². The molecule has 4 saturated heterocycles. The lowest BCUT2D eigenvalue weighted by molar-refractivity contribution is -0.317. The highest BCUT2D eigenvalue weighted by Gasteiger charge is 2.94. The summed E-state index contributed by atoms with van der Waals surface area (Å²) < 4.78 is 50.3. The Hall–Kier alpha value is -2.88. The minimum Gasteiger partial charge on any atom is -0.469 e. The third kappa shape index (κ3) is 3.43. The summed E-state index contributed by atoms with van der Waals surface area (Å²) in [5.74, 6) is -5.97. The highest BCUT2D eigenvalue weighted by molar-refractivity contribution is 5.87. The third-order valence-electron chi connectivity index (χ3n) is 14.5. The molecule has 3 aliphatic carbocycles. The number of esters is 2. The molecule has 50 heavy (non-hydrogen) atoms. The standard InChI is InChI=1S/C37H44O13/c1-31-17-46-25-26(31)34(22(16-21(31)38)48-24(39)12-11-19-9-7-6-8-10-19)18-47-36(44-5,29(40)43-4)28(34)32(2)27(25)50-33(3)20-15-23(37(32,33)42)49-30-35(20,41)13-14-45-30/h6-14,20-23,25-28,30,38,41-42H,15-18H2,1-5H3/t20-,21-,22+,23+,25-,26+,27-,28+,30+,31-,32-,33-,34+,35+,36+,37+/m1/s1. The minimum absolute atomic E-state index is 0.00907. The van der Waals surface area contributed by atoms with Crippen LogP contribution in [0.15, 0.2) is 48.7 Å². The molecule has 13 heteroatoms. The Labute approximate surface area is 289 Å². The van der Waals surface area contributed by atoms with Crippen molar-refractivity contribution in [2.45, 2.75) is 93.0 Å². The molecule has 0 radical (unpaired) electrons. The Morgan fingerprint density at radius 3 is 2.52 bits per heavy atom. The van der Waals surface area contributed by atoms with Gasteiger partial charge in [0.25, 0.3) is 5.79 Å². The largest absolute Gasteiger partial charge is 0.469 e. The second-order valence-corrected chi connectivity index (χ2v) is 16.1. The van der Waals surface area contributed by atoms with E-state index in [4.69, 9.17) is 37.9 Å². The lowest BCUT2D eigenvalue weighted by Gasteiger charge is -2.66. The fraction of sp³-hybridized carbons (Fsp3) is 0.676. The molecule has 2 bridgehead atoms. The normalized spacial score (nSPS) is 54.8. The summed E-state index contributed by atoms with van der Waals surface area (Å²) in [7, 11) is 2.58. The number of carbonyl (C=O) groups is 2. The molecule has 16 atom stereocenters. The van der Waals surface area contributed by atoms with Crippen molar-refractivity contribution >= 4 is 18.0 Å². The summed E-state index contributed by atoms with van der Waals surface area (Å²) in [5, 5.41) is 37.5. The summed E-state index contributed by atoms with van der Waals surface area (Å²) in [6.45, 7) is 5.53. The number of aliphatic hydroxyl groups excluding tert-OH is 1. The van der Waals surface area contributed by atoms with Crippen molar-refractivity contribution in [1.29, 1.82) is 0 Å². The lowest BCUT2D eigenvalue weighted by Crippen LogP contribution is -2.78. The van der Waals surface area contributed by atoms with Crippen molar-refractivity contribution in [3.63, 3.8) is 0 Å². The van der Waals surface area contributed by atoms with Gasteiger partial charge in [0.2, 0.25) is 6.29 Å². The second kappa shape index (κ2) is 10.2. The molecule has 270 valence electrons. The molecule has 3 saturated carbocycles. The maximum Gasteiger partial charge on any atom is 0.366 e. The van der Waals surface area contributed by atoms with E-state index in [1.54, 1.807) is 13.0 Å². The van der Waals surface area contributed by atoms with Gasteiger partial charge < -0.3 is 53.2 Å². The van der Waals surface area contributed by atoms with Gasteiger partial charge in [-0.2, -0.15) is 0 Å². The van der Waals surface area contributed by atoms with Crippen molar-refractivity contribution in [3.8, 4) is 0 Å². The van der Waals surface area contributed by atoms with Gasteiger partial charge in [-0.25, -0.2) is 9.59 Å². The van der Waals surface area contributed by atoms with E-state index in [9.17, 15) is 24.9 Å². The van der Waals surface area contributed by atoms with E-state index in [1.807, 2.05) is 44.2 Å². The first kappa shape index (κ1) is 33.0. The zero-order valence-electron chi connectivity index (χ0n) is 28.6. The highest BCUT2D eigenvalue weighted by Crippen LogP contribution is 2.80. The average Bonchev–Trinajstić information content (AvgIpc) is 3.86. The van der Waals surface area contributed by atoms with E-state index >= 15 is 0 Å². The van der Waals surface area contributed by atoms with Gasteiger partial charge >= 0.3 is 11.9 Å². The van der Waals surface area contributed by atoms with Gasteiger partial charge in [0, 0.05) is 53.6 Å². The highest BCUT2D eigenvalue weighted by atomic mass is 16.7. The second-order valence-electron chi connectivity index (χ2n) is 16.1. The summed E-state index contributed by atoms with van der Waals surface area (Å²) in [5.41, 5.74) is -7.83. The van der Waals surface area contributed by atoms with Crippen LogP contribution in [0.5, 0.6) is 0 Å². The fourth-order valence-electron chi connectivity index (χ4n) is 12.5. The number of methoxy groups -OCH3 is 2. The van der Waals surface area contributed by atoms with Crippen LogP contribution in [0.1, 0.15) is 39.2 Å². The molecular formula is C37H44O13. The van der Waals surface area contributed by atoms with E-state index in [2.05, 4.69) is 0 Å². The Kier molecular flexibility index (Phi) is 6.70. The quantitative estimate of drug-likeness (QED) is 0.299. The van der Waals surface area contributed by atoms with Gasteiger partial charge in [0.1, 0.15) is 17.3 Å². The molecule has 0 aromatic heterocycles. The third-order valence-corrected chi connectivity index (χ3v) is 14.5. The van der Waals surface area contributed by atoms with Crippen molar-refractivity contribution in [1.82, 2.24) is 0 Å². The number of rotatable bonds is 5. The molecule has 13 nitrogen and oxygen atoms in total. The van der Waals surface area contributed by atoms with E-state index in [-0.39, 0.29) is 26.1 Å². The summed E-state index contributed by atoms with van der Waals surface area (Å²) in [4.78, 5) is 27.9. The minimum atomic E-state index is -2.10. The number of hydrogen-bond donors (Lipinski definition) is 3. The van der Waals surface area contributed by atoms with Crippen LogP contribution < -0.4 is 0 Å². The molecule has 9 rings (SSSR count). The van der Waals surface area contributed by atoms with E-state index in [1.165, 1.54) is 32.6 Å². The molecule has 0 amide bonds. The maximum atomic E-state index is 14.2. The monoisotopic (exact) mass is 696 g/mol. The van der Waals surface area contributed by atoms with E-state index in [0.29, 0.717) is 0 Å². The Balaban J connectivity index is 1.25. The SMILES string of the molecule is COC(=O)[C@@]1(OC)OC[C@@]23[C@@H](OC(=O)C=Cc4ccccc4)C[C@@H](O)[C@@]4(C)CO[C@@H]([C@H]5O[C@]6(C)[C@H]7C[C@H](O[C@@H]8OC=C[C@@]87O)[C@]6(O)[C@@]5(C)[C@H]12)[C@@H]43. The number of ether oxygens (including phenoxy) is 8. The molecule has 1 aromatic rings. The summed E-state index contributed by atoms with van der Waals surface area (Å²) >= 11 is 0. The van der Waals surface area contributed by atoms with Crippen molar-refractivity contribution in [3.05, 3.63) is 54.3 Å². The number of aliphatic hydroxyl groups is 3. The first-order chi connectivity index (χ1) is 23.7. The van der Waals surface area contributed by atoms with Crippen LogP contribution in [0.3, 0.4) is 0 Å². The molecule has 5 aliphatic heterocycles. The average molecular weight is 697 g/mol. The van der Waals surface area contributed by atoms with Gasteiger partial charge in [-0.05, 0) is 31.1 Å². The molecule has 7 fully saturated rings. The zero-order valence-corrected chi connectivity index (χ0v) is 28.6.